The highest BCUT2D eigenvalue weighted by molar-refractivity contribution is 5.78. The van der Waals surface area contributed by atoms with Crippen molar-refractivity contribution in [3.05, 3.63) is 0 Å². The van der Waals surface area contributed by atoms with Gasteiger partial charge in [0, 0.05) is 19.0 Å². The van der Waals surface area contributed by atoms with Crippen molar-refractivity contribution in [2.75, 3.05) is 19.6 Å². The van der Waals surface area contributed by atoms with Crippen LogP contribution in [0.2, 0.25) is 0 Å². The Bertz CT molecular complexity index is 316. The van der Waals surface area contributed by atoms with E-state index in [9.17, 15) is 9.59 Å². The SMILES string of the molecule is CC(=O)CC1CCCCCN1CC(=O)NCCC(C)C. The van der Waals surface area contributed by atoms with Gasteiger partial charge in [-0.05, 0) is 38.6 Å². The average Bonchev–Trinajstić information content (AvgIpc) is 2.54. The second-order valence-electron chi connectivity index (χ2n) is 6.41. The van der Waals surface area contributed by atoms with E-state index < -0.39 is 0 Å². The number of hydrogen-bond acceptors (Lipinski definition) is 3. The summed E-state index contributed by atoms with van der Waals surface area (Å²) >= 11 is 0. The predicted molar refractivity (Wildman–Crippen MR) is 81.6 cm³/mol. The Balaban J connectivity index is 2.43. The van der Waals surface area contributed by atoms with E-state index in [1.54, 1.807) is 6.92 Å². The van der Waals surface area contributed by atoms with Crippen molar-refractivity contribution in [1.82, 2.24) is 10.2 Å². The predicted octanol–water partition coefficient (Wildman–Crippen LogP) is 2.37. The van der Waals surface area contributed by atoms with Gasteiger partial charge in [-0.1, -0.05) is 26.7 Å². The fraction of sp³-hybridized carbons (Fsp3) is 0.875. The monoisotopic (exact) mass is 282 g/mol. The van der Waals surface area contributed by atoms with E-state index in [4.69, 9.17) is 0 Å². The van der Waals surface area contributed by atoms with Crippen LogP contribution in [-0.4, -0.2) is 42.3 Å². The maximum absolute atomic E-state index is 12.0. The zero-order valence-electron chi connectivity index (χ0n) is 13.3. The fourth-order valence-corrected chi connectivity index (χ4v) is 2.75. The van der Waals surface area contributed by atoms with Gasteiger partial charge >= 0.3 is 0 Å². The van der Waals surface area contributed by atoms with E-state index >= 15 is 0 Å². The Labute approximate surface area is 123 Å². The highest BCUT2D eigenvalue weighted by atomic mass is 16.2. The number of rotatable bonds is 7. The molecular weight excluding hydrogens is 252 g/mol. The van der Waals surface area contributed by atoms with Crippen molar-refractivity contribution in [2.45, 2.75) is 65.3 Å². The molecule has 0 aliphatic carbocycles. The minimum Gasteiger partial charge on any atom is -0.355 e. The van der Waals surface area contributed by atoms with Crippen molar-refractivity contribution in [2.24, 2.45) is 5.92 Å². The van der Waals surface area contributed by atoms with E-state index in [-0.39, 0.29) is 17.7 Å². The molecule has 0 bridgehead atoms. The van der Waals surface area contributed by atoms with Crippen LogP contribution < -0.4 is 5.32 Å². The second-order valence-corrected chi connectivity index (χ2v) is 6.41. The molecule has 4 nitrogen and oxygen atoms in total. The Hall–Kier alpha value is -0.900. The van der Waals surface area contributed by atoms with Gasteiger partial charge in [-0.25, -0.2) is 0 Å². The molecule has 4 heteroatoms. The van der Waals surface area contributed by atoms with Crippen LogP contribution in [0, 0.1) is 5.92 Å². The number of ketones is 1. The highest BCUT2D eigenvalue weighted by Crippen LogP contribution is 2.19. The van der Waals surface area contributed by atoms with Crippen molar-refractivity contribution in [3.63, 3.8) is 0 Å². The topological polar surface area (TPSA) is 49.4 Å². The molecule has 1 saturated heterocycles. The van der Waals surface area contributed by atoms with Crippen LogP contribution in [0.25, 0.3) is 0 Å². The molecule has 116 valence electrons. The zero-order valence-corrected chi connectivity index (χ0v) is 13.3. The second kappa shape index (κ2) is 9.11. The zero-order chi connectivity index (χ0) is 15.0. The van der Waals surface area contributed by atoms with E-state index in [1.165, 1.54) is 12.8 Å². The molecular formula is C16H30N2O2. The van der Waals surface area contributed by atoms with Crippen LogP contribution in [0.4, 0.5) is 0 Å². The largest absolute Gasteiger partial charge is 0.355 e. The van der Waals surface area contributed by atoms with Crippen LogP contribution >= 0.6 is 0 Å². The summed E-state index contributed by atoms with van der Waals surface area (Å²) in [6.45, 7) is 8.09. The molecule has 1 atom stereocenters. The number of carbonyl (C=O) groups is 2. The molecule has 1 aliphatic heterocycles. The van der Waals surface area contributed by atoms with Gasteiger partial charge in [-0.3, -0.25) is 14.5 Å². The van der Waals surface area contributed by atoms with E-state index in [1.807, 2.05) is 0 Å². The van der Waals surface area contributed by atoms with Gasteiger partial charge in [0.1, 0.15) is 5.78 Å². The lowest BCUT2D eigenvalue weighted by atomic mass is 10.0. The summed E-state index contributed by atoms with van der Waals surface area (Å²) in [4.78, 5) is 25.6. The van der Waals surface area contributed by atoms with Crippen molar-refractivity contribution in [1.29, 1.82) is 0 Å². The van der Waals surface area contributed by atoms with Crippen molar-refractivity contribution >= 4 is 11.7 Å². The molecule has 0 spiro atoms. The first kappa shape index (κ1) is 17.2. The quantitative estimate of drug-likeness (QED) is 0.780. The average molecular weight is 282 g/mol. The van der Waals surface area contributed by atoms with E-state index in [0.29, 0.717) is 18.9 Å². The van der Waals surface area contributed by atoms with Gasteiger partial charge in [-0.15, -0.1) is 0 Å². The van der Waals surface area contributed by atoms with Gasteiger partial charge in [0.2, 0.25) is 5.91 Å². The van der Waals surface area contributed by atoms with Gasteiger partial charge in [0.15, 0.2) is 0 Å². The first-order valence-corrected chi connectivity index (χ1v) is 7.99. The molecule has 20 heavy (non-hydrogen) atoms. The number of likely N-dealkylation sites (tertiary alicyclic amines) is 1. The number of Topliss-reactive ketones (excluding diaryl/α,β-unsaturated/α-hetero) is 1. The molecule has 0 aromatic rings. The maximum atomic E-state index is 12.0. The molecule has 1 unspecified atom stereocenters. The molecule has 1 heterocycles. The summed E-state index contributed by atoms with van der Waals surface area (Å²) in [6, 6.07) is 0.255. The Morgan fingerprint density at radius 2 is 2.00 bits per heavy atom. The molecule has 1 fully saturated rings. The summed E-state index contributed by atoms with van der Waals surface area (Å²) in [5, 5.41) is 2.99. The Morgan fingerprint density at radius 1 is 1.25 bits per heavy atom. The Kier molecular flexibility index (Phi) is 7.82. The molecule has 1 aliphatic rings. The third-order valence-electron chi connectivity index (χ3n) is 3.91. The summed E-state index contributed by atoms with van der Waals surface area (Å²) in [5.74, 6) is 0.933. The summed E-state index contributed by atoms with van der Waals surface area (Å²) in [5.41, 5.74) is 0. The normalized spacial score (nSPS) is 20.7. The highest BCUT2D eigenvalue weighted by Gasteiger charge is 2.23. The van der Waals surface area contributed by atoms with Crippen LogP contribution in [-0.2, 0) is 9.59 Å². The van der Waals surface area contributed by atoms with Gasteiger partial charge in [0.25, 0.3) is 0 Å². The molecule has 1 amide bonds. The van der Waals surface area contributed by atoms with Crippen LogP contribution in [0.15, 0.2) is 0 Å². The summed E-state index contributed by atoms with van der Waals surface area (Å²) in [6.07, 6.45) is 6.15. The lowest BCUT2D eigenvalue weighted by Gasteiger charge is -2.28. The summed E-state index contributed by atoms with van der Waals surface area (Å²) in [7, 11) is 0. The van der Waals surface area contributed by atoms with Crippen molar-refractivity contribution < 1.29 is 9.59 Å². The van der Waals surface area contributed by atoms with Crippen LogP contribution in [0.5, 0.6) is 0 Å². The van der Waals surface area contributed by atoms with Crippen LogP contribution in [0.3, 0.4) is 0 Å². The Morgan fingerprint density at radius 3 is 2.65 bits per heavy atom. The first-order valence-electron chi connectivity index (χ1n) is 7.99. The molecule has 1 N–H and O–H groups in total. The van der Waals surface area contributed by atoms with E-state index in [0.717, 1.165) is 32.4 Å². The minimum absolute atomic E-state index is 0.0982. The standard InChI is InChI=1S/C16H30N2O2/c1-13(2)8-9-17-16(20)12-18-10-6-4-5-7-15(18)11-14(3)19/h13,15H,4-12H2,1-3H3,(H,17,20). The molecule has 0 aromatic carbocycles. The number of carbonyl (C=O) groups excluding carboxylic acids is 2. The van der Waals surface area contributed by atoms with Gasteiger partial charge in [-0.2, -0.15) is 0 Å². The minimum atomic E-state index is 0.0982. The number of amides is 1. The third-order valence-corrected chi connectivity index (χ3v) is 3.91. The maximum Gasteiger partial charge on any atom is 0.234 e. The molecule has 1 rings (SSSR count). The third kappa shape index (κ3) is 7.04. The number of hydrogen-bond donors (Lipinski definition) is 1. The lowest BCUT2D eigenvalue weighted by Crippen LogP contribution is -2.43. The van der Waals surface area contributed by atoms with E-state index in [2.05, 4.69) is 24.1 Å². The number of nitrogens with zero attached hydrogens (tertiary/aromatic N) is 1. The van der Waals surface area contributed by atoms with Gasteiger partial charge < -0.3 is 5.32 Å². The van der Waals surface area contributed by atoms with Crippen molar-refractivity contribution in [3.8, 4) is 0 Å². The first-order chi connectivity index (χ1) is 9.49. The smallest absolute Gasteiger partial charge is 0.234 e. The summed E-state index contributed by atoms with van der Waals surface area (Å²) < 4.78 is 0. The fourth-order valence-electron chi connectivity index (χ4n) is 2.75. The molecule has 0 radical (unpaired) electrons. The van der Waals surface area contributed by atoms with Crippen LogP contribution in [0.1, 0.15) is 59.3 Å². The van der Waals surface area contributed by atoms with Gasteiger partial charge in [0.05, 0.1) is 6.54 Å². The molecule has 0 aromatic heterocycles. The molecule has 0 saturated carbocycles. The number of nitrogens with one attached hydrogen (secondary N) is 1. The lowest BCUT2D eigenvalue weighted by molar-refractivity contribution is -0.124.